The van der Waals surface area contributed by atoms with E-state index in [2.05, 4.69) is 4.74 Å². The molecule has 1 unspecified atom stereocenters. The van der Waals surface area contributed by atoms with Crippen molar-refractivity contribution < 1.29 is 14.3 Å². The molecule has 0 aromatic carbocycles. The van der Waals surface area contributed by atoms with E-state index in [0.717, 1.165) is 13.0 Å². The summed E-state index contributed by atoms with van der Waals surface area (Å²) in [6, 6.07) is 0. The molecule has 2 amide bonds. The van der Waals surface area contributed by atoms with Crippen LogP contribution in [0.25, 0.3) is 0 Å². The Hall–Kier alpha value is -1.26. The number of hydrogen-bond donors (Lipinski definition) is 1. The Bertz CT molecular complexity index is 205. The van der Waals surface area contributed by atoms with Gasteiger partial charge in [0, 0.05) is 13.6 Å². The SMILES string of the molecule is CN1CCCC(OC(N)=O)C1=O. The summed E-state index contributed by atoms with van der Waals surface area (Å²) in [5.74, 6) is -0.167. The highest BCUT2D eigenvalue weighted by molar-refractivity contribution is 5.83. The minimum atomic E-state index is -0.886. The fraction of sp³-hybridized carbons (Fsp3) is 0.714. The van der Waals surface area contributed by atoms with E-state index in [1.54, 1.807) is 7.05 Å². The smallest absolute Gasteiger partial charge is 0.405 e. The first-order valence-electron chi connectivity index (χ1n) is 3.82. The fourth-order valence-corrected chi connectivity index (χ4v) is 1.24. The fourth-order valence-electron chi connectivity index (χ4n) is 1.24. The molecule has 0 aromatic rings. The molecular weight excluding hydrogens is 160 g/mol. The normalized spacial score (nSPS) is 23.9. The molecule has 0 radical (unpaired) electrons. The van der Waals surface area contributed by atoms with Crippen LogP contribution in [0.5, 0.6) is 0 Å². The molecule has 1 saturated heterocycles. The topological polar surface area (TPSA) is 72.6 Å². The van der Waals surface area contributed by atoms with Crippen molar-refractivity contribution in [2.24, 2.45) is 5.73 Å². The molecule has 1 heterocycles. The van der Waals surface area contributed by atoms with Gasteiger partial charge in [0.15, 0.2) is 6.10 Å². The average Bonchev–Trinajstić information content (AvgIpc) is 1.98. The Morgan fingerprint density at radius 3 is 3.00 bits per heavy atom. The van der Waals surface area contributed by atoms with Crippen molar-refractivity contribution in [3.05, 3.63) is 0 Å². The number of nitrogens with two attached hydrogens (primary N) is 1. The van der Waals surface area contributed by atoms with Crippen LogP contribution in [0.1, 0.15) is 12.8 Å². The van der Waals surface area contributed by atoms with Gasteiger partial charge in [-0.15, -0.1) is 0 Å². The van der Waals surface area contributed by atoms with Crippen LogP contribution in [0, 0.1) is 0 Å². The molecule has 68 valence electrons. The largest absolute Gasteiger partial charge is 0.436 e. The number of likely N-dealkylation sites (tertiary alicyclic amines) is 1. The van der Waals surface area contributed by atoms with Gasteiger partial charge in [-0.3, -0.25) is 4.79 Å². The Labute approximate surface area is 70.5 Å². The molecule has 5 heteroatoms. The van der Waals surface area contributed by atoms with E-state index in [-0.39, 0.29) is 5.91 Å². The van der Waals surface area contributed by atoms with Gasteiger partial charge >= 0.3 is 6.09 Å². The third-order valence-electron chi connectivity index (χ3n) is 1.87. The summed E-state index contributed by atoms with van der Waals surface area (Å²) in [5, 5.41) is 0. The molecule has 0 aliphatic carbocycles. The van der Waals surface area contributed by atoms with Crippen LogP contribution in [-0.4, -0.2) is 36.6 Å². The van der Waals surface area contributed by atoms with Crippen LogP contribution in [0.4, 0.5) is 4.79 Å². The van der Waals surface area contributed by atoms with Crippen LogP contribution in [0.2, 0.25) is 0 Å². The van der Waals surface area contributed by atoms with Crippen LogP contribution in [0.15, 0.2) is 0 Å². The van der Waals surface area contributed by atoms with Gasteiger partial charge in [0.25, 0.3) is 5.91 Å². The quantitative estimate of drug-likeness (QED) is 0.590. The Morgan fingerprint density at radius 1 is 1.75 bits per heavy atom. The zero-order valence-electron chi connectivity index (χ0n) is 6.95. The van der Waals surface area contributed by atoms with Crippen molar-refractivity contribution in [1.82, 2.24) is 4.90 Å². The maximum Gasteiger partial charge on any atom is 0.405 e. The second kappa shape index (κ2) is 3.42. The summed E-state index contributed by atoms with van der Waals surface area (Å²) in [4.78, 5) is 23.1. The highest BCUT2D eigenvalue weighted by Crippen LogP contribution is 2.12. The Kier molecular flexibility index (Phi) is 2.52. The standard InChI is InChI=1S/C7H12N2O3/c1-9-4-2-3-5(6(9)10)12-7(8)11/h5H,2-4H2,1H3,(H2,8,11). The van der Waals surface area contributed by atoms with Crippen molar-refractivity contribution in [3.63, 3.8) is 0 Å². The van der Waals surface area contributed by atoms with Crippen molar-refractivity contribution in [2.75, 3.05) is 13.6 Å². The van der Waals surface area contributed by atoms with Crippen molar-refractivity contribution in [3.8, 4) is 0 Å². The molecule has 2 N–H and O–H groups in total. The minimum Gasteiger partial charge on any atom is -0.436 e. The predicted octanol–water partition coefficient (Wildman–Crippen LogP) is -0.298. The van der Waals surface area contributed by atoms with Gasteiger partial charge in [0.1, 0.15) is 0 Å². The predicted molar refractivity (Wildman–Crippen MR) is 41.3 cm³/mol. The lowest BCUT2D eigenvalue weighted by atomic mass is 10.1. The first-order valence-corrected chi connectivity index (χ1v) is 3.82. The number of carbonyl (C=O) groups is 2. The van der Waals surface area contributed by atoms with Gasteiger partial charge in [0.2, 0.25) is 0 Å². The highest BCUT2D eigenvalue weighted by Gasteiger charge is 2.28. The second-order valence-electron chi connectivity index (χ2n) is 2.83. The van der Waals surface area contributed by atoms with Gasteiger partial charge in [-0.25, -0.2) is 4.79 Å². The summed E-state index contributed by atoms with van der Waals surface area (Å²) >= 11 is 0. The molecular formula is C7H12N2O3. The number of piperidine rings is 1. The van der Waals surface area contributed by atoms with E-state index in [1.807, 2.05) is 0 Å². The molecule has 0 spiro atoms. The maximum atomic E-state index is 11.3. The number of hydrogen-bond acceptors (Lipinski definition) is 3. The van der Waals surface area contributed by atoms with Gasteiger partial charge in [-0.05, 0) is 12.8 Å². The number of ether oxygens (including phenoxy) is 1. The van der Waals surface area contributed by atoms with E-state index in [1.165, 1.54) is 4.90 Å². The van der Waals surface area contributed by atoms with Gasteiger partial charge in [-0.2, -0.15) is 0 Å². The second-order valence-corrected chi connectivity index (χ2v) is 2.83. The monoisotopic (exact) mass is 172 g/mol. The van der Waals surface area contributed by atoms with E-state index >= 15 is 0 Å². The zero-order valence-corrected chi connectivity index (χ0v) is 6.95. The molecule has 12 heavy (non-hydrogen) atoms. The zero-order chi connectivity index (χ0) is 9.14. The van der Waals surface area contributed by atoms with E-state index in [9.17, 15) is 9.59 Å². The Morgan fingerprint density at radius 2 is 2.42 bits per heavy atom. The first-order chi connectivity index (χ1) is 5.61. The molecule has 1 atom stereocenters. The molecule has 1 aliphatic heterocycles. The summed E-state index contributed by atoms with van der Waals surface area (Å²) < 4.78 is 4.62. The molecule has 0 saturated carbocycles. The Balaban J connectivity index is 2.52. The minimum absolute atomic E-state index is 0.167. The number of nitrogens with zero attached hydrogens (tertiary/aromatic N) is 1. The van der Waals surface area contributed by atoms with Gasteiger partial charge in [0.05, 0.1) is 0 Å². The number of likely N-dealkylation sites (N-methyl/N-ethyl adjacent to an activating group) is 1. The molecule has 1 rings (SSSR count). The van der Waals surface area contributed by atoms with Crippen molar-refractivity contribution >= 4 is 12.0 Å². The van der Waals surface area contributed by atoms with E-state index < -0.39 is 12.2 Å². The van der Waals surface area contributed by atoms with Gasteiger partial charge < -0.3 is 15.4 Å². The van der Waals surface area contributed by atoms with Crippen LogP contribution in [-0.2, 0) is 9.53 Å². The third-order valence-corrected chi connectivity index (χ3v) is 1.87. The lowest BCUT2D eigenvalue weighted by Crippen LogP contribution is -2.44. The van der Waals surface area contributed by atoms with Gasteiger partial charge in [-0.1, -0.05) is 0 Å². The molecule has 1 aliphatic rings. The average molecular weight is 172 g/mol. The number of carbonyl (C=O) groups excluding carboxylic acids is 2. The van der Waals surface area contributed by atoms with E-state index in [4.69, 9.17) is 5.73 Å². The molecule has 5 nitrogen and oxygen atoms in total. The summed E-state index contributed by atoms with van der Waals surface area (Å²) in [6.07, 6.45) is -0.128. The lowest BCUT2D eigenvalue weighted by molar-refractivity contribution is -0.142. The highest BCUT2D eigenvalue weighted by atomic mass is 16.6. The summed E-state index contributed by atoms with van der Waals surface area (Å²) in [6.45, 7) is 0.720. The van der Waals surface area contributed by atoms with Crippen molar-refractivity contribution in [2.45, 2.75) is 18.9 Å². The van der Waals surface area contributed by atoms with E-state index in [0.29, 0.717) is 6.42 Å². The summed E-state index contributed by atoms with van der Waals surface area (Å²) in [7, 11) is 1.68. The molecule has 0 aromatic heterocycles. The number of rotatable bonds is 1. The maximum absolute atomic E-state index is 11.3. The summed E-state index contributed by atoms with van der Waals surface area (Å²) in [5.41, 5.74) is 4.80. The van der Waals surface area contributed by atoms with Crippen LogP contribution in [0.3, 0.4) is 0 Å². The van der Waals surface area contributed by atoms with Crippen LogP contribution < -0.4 is 5.73 Å². The lowest BCUT2D eigenvalue weighted by Gasteiger charge is -2.28. The van der Waals surface area contributed by atoms with Crippen molar-refractivity contribution in [1.29, 1.82) is 0 Å². The third kappa shape index (κ3) is 1.87. The molecule has 1 fully saturated rings. The van der Waals surface area contributed by atoms with Crippen LogP contribution >= 0.6 is 0 Å². The first kappa shape index (κ1) is 8.83. The molecule has 0 bridgehead atoms. The number of amides is 2. The number of primary amides is 1.